The van der Waals surface area contributed by atoms with Crippen LogP contribution in [0.25, 0.3) is 11.3 Å². The zero-order valence-corrected chi connectivity index (χ0v) is 12.4. The van der Waals surface area contributed by atoms with Crippen molar-refractivity contribution in [1.29, 1.82) is 0 Å². The van der Waals surface area contributed by atoms with Crippen LogP contribution in [0.1, 0.15) is 38.4 Å². The largest absolute Gasteiger partial charge is 0.460 e. The Morgan fingerprint density at radius 3 is 2.57 bits per heavy atom. The molecule has 0 amide bonds. The molecule has 112 valence electrons. The number of rotatable bonds is 5. The molecule has 1 unspecified atom stereocenters. The van der Waals surface area contributed by atoms with Crippen LogP contribution in [0, 0.1) is 11.7 Å². The van der Waals surface area contributed by atoms with E-state index in [0.29, 0.717) is 6.04 Å². The predicted octanol–water partition coefficient (Wildman–Crippen LogP) is 4.75. The Morgan fingerprint density at radius 1 is 1.14 bits per heavy atom. The Hall–Kier alpha value is -1.61. The first-order valence-corrected chi connectivity index (χ1v) is 7.80. The highest BCUT2D eigenvalue weighted by Crippen LogP contribution is 2.28. The van der Waals surface area contributed by atoms with Crippen LogP contribution >= 0.6 is 0 Å². The molecule has 1 aromatic carbocycles. The lowest BCUT2D eigenvalue weighted by Crippen LogP contribution is -2.31. The average molecular weight is 287 g/mol. The van der Waals surface area contributed by atoms with E-state index in [9.17, 15) is 4.39 Å². The van der Waals surface area contributed by atoms with Crippen molar-refractivity contribution in [2.45, 2.75) is 45.2 Å². The highest BCUT2D eigenvalue weighted by molar-refractivity contribution is 5.57. The summed E-state index contributed by atoms with van der Waals surface area (Å²) in [5, 5.41) is 3.56. The highest BCUT2D eigenvalue weighted by Gasteiger charge is 2.21. The Balaban J connectivity index is 1.58. The maximum atomic E-state index is 12.9. The summed E-state index contributed by atoms with van der Waals surface area (Å²) < 4.78 is 18.8. The predicted molar refractivity (Wildman–Crippen MR) is 82.4 cm³/mol. The average Bonchev–Trinajstić information content (AvgIpc) is 3.17. The lowest BCUT2D eigenvalue weighted by atomic mass is 10.00. The van der Waals surface area contributed by atoms with E-state index < -0.39 is 0 Å². The smallest absolute Gasteiger partial charge is 0.134 e. The van der Waals surface area contributed by atoms with Crippen molar-refractivity contribution in [3.8, 4) is 11.3 Å². The third-order valence-electron chi connectivity index (χ3n) is 4.50. The van der Waals surface area contributed by atoms with E-state index in [1.807, 2.05) is 12.1 Å². The van der Waals surface area contributed by atoms with Crippen molar-refractivity contribution < 1.29 is 8.81 Å². The van der Waals surface area contributed by atoms with E-state index in [1.165, 1.54) is 37.8 Å². The Morgan fingerprint density at radius 2 is 1.86 bits per heavy atom. The molecule has 1 atom stereocenters. The van der Waals surface area contributed by atoms with Gasteiger partial charge in [0.05, 0.1) is 6.54 Å². The molecule has 3 heteroatoms. The summed E-state index contributed by atoms with van der Waals surface area (Å²) in [5.74, 6) is 2.30. The summed E-state index contributed by atoms with van der Waals surface area (Å²) in [6.07, 6.45) is 5.42. The quantitative estimate of drug-likeness (QED) is 0.858. The van der Waals surface area contributed by atoms with Crippen LogP contribution in [-0.2, 0) is 6.54 Å². The first-order valence-electron chi connectivity index (χ1n) is 7.80. The molecule has 1 aliphatic carbocycles. The molecule has 1 aliphatic rings. The van der Waals surface area contributed by atoms with Crippen molar-refractivity contribution >= 4 is 0 Å². The number of hydrogen-bond donors (Lipinski definition) is 1. The van der Waals surface area contributed by atoms with Gasteiger partial charge >= 0.3 is 0 Å². The minimum atomic E-state index is -0.224. The second-order valence-corrected chi connectivity index (χ2v) is 5.99. The van der Waals surface area contributed by atoms with Gasteiger partial charge in [-0.2, -0.15) is 0 Å². The van der Waals surface area contributed by atoms with Gasteiger partial charge in [0.25, 0.3) is 0 Å². The summed E-state index contributed by atoms with van der Waals surface area (Å²) in [4.78, 5) is 0. The zero-order chi connectivity index (χ0) is 14.7. The normalized spacial score (nSPS) is 17.2. The van der Waals surface area contributed by atoms with E-state index in [-0.39, 0.29) is 5.82 Å². The van der Waals surface area contributed by atoms with E-state index in [0.717, 1.165) is 29.5 Å². The van der Waals surface area contributed by atoms with Gasteiger partial charge in [0.15, 0.2) is 0 Å². The minimum absolute atomic E-state index is 0.224. The van der Waals surface area contributed by atoms with Crippen molar-refractivity contribution in [2.24, 2.45) is 5.92 Å². The van der Waals surface area contributed by atoms with Gasteiger partial charge in [-0.3, -0.25) is 0 Å². The molecule has 2 aromatic rings. The topological polar surface area (TPSA) is 25.2 Å². The van der Waals surface area contributed by atoms with Gasteiger partial charge < -0.3 is 9.73 Å². The summed E-state index contributed by atoms with van der Waals surface area (Å²) in [7, 11) is 0. The Labute approximate surface area is 125 Å². The van der Waals surface area contributed by atoms with Crippen LogP contribution in [0.3, 0.4) is 0 Å². The summed E-state index contributed by atoms with van der Waals surface area (Å²) >= 11 is 0. The number of halogens is 1. The number of nitrogens with one attached hydrogen (secondary N) is 1. The molecule has 0 saturated heterocycles. The number of benzene rings is 1. The van der Waals surface area contributed by atoms with Gasteiger partial charge in [-0.1, -0.05) is 12.8 Å². The minimum Gasteiger partial charge on any atom is -0.460 e. The molecule has 21 heavy (non-hydrogen) atoms. The fourth-order valence-corrected chi connectivity index (χ4v) is 3.13. The highest BCUT2D eigenvalue weighted by atomic mass is 19.1. The Kier molecular flexibility index (Phi) is 4.39. The lowest BCUT2D eigenvalue weighted by molar-refractivity contribution is 0.364. The van der Waals surface area contributed by atoms with E-state index in [1.54, 1.807) is 12.1 Å². The van der Waals surface area contributed by atoms with E-state index in [4.69, 9.17) is 4.42 Å². The van der Waals surface area contributed by atoms with Crippen LogP contribution < -0.4 is 5.32 Å². The fraction of sp³-hybridized carbons (Fsp3) is 0.444. The van der Waals surface area contributed by atoms with Crippen LogP contribution in [-0.4, -0.2) is 6.04 Å². The van der Waals surface area contributed by atoms with Crippen molar-refractivity contribution in [1.82, 2.24) is 5.32 Å². The molecule has 0 bridgehead atoms. The monoisotopic (exact) mass is 287 g/mol. The van der Waals surface area contributed by atoms with Crippen molar-refractivity contribution in [3.63, 3.8) is 0 Å². The first-order chi connectivity index (χ1) is 10.2. The molecular formula is C18H22FNO. The zero-order valence-electron chi connectivity index (χ0n) is 12.4. The molecule has 2 nitrogen and oxygen atoms in total. The molecule has 1 saturated carbocycles. The molecule has 1 fully saturated rings. The molecule has 1 heterocycles. The standard InChI is InChI=1S/C18H22FNO/c1-13(14-4-2-3-5-14)20-12-17-10-11-18(21-17)15-6-8-16(19)9-7-15/h6-11,13-14,20H,2-5,12H2,1H3. The number of hydrogen-bond acceptors (Lipinski definition) is 2. The molecular weight excluding hydrogens is 265 g/mol. The molecule has 0 aliphatic heterocycles. The fourth-order valence-electron chi connectivity index (χ4n) is 3.13. The molecule has 3 rings (SSSR count). The lowest BCUT2D eigenvalue weighted by Gasteiger charge is -2.19. The van der Waals surface area contributed by atoms with Crippen LogP contribution in [0.4, 0.5) is 4.39 Å². The third kappa shape index (κ3) is 3.53. The SMILES string of the molecule is CC(NCc1ccc(-c2ccc(F)cc2)o1)C1CCCC1. The van der Waals surface area contributed by atoms with Gasteiger partial charge in [-0.05, 0) is 62.1 Å². The van der Waals surface area contributed by atoms with Crippen LogP contribution in [0.5, 0.6) is 0 Å². The van der Waals surface area contributed by atoms with E-state index >= 15 is 0 Å². The maximum absolute atomic E-state index is 12.9. The maximum Gasteiger partial charge on any atom is 0.134 e. The van der Waals surface area contributed by atoms with Crippen LogP contribution in [0.2, 0.25) is 0 Å². The molecule has 0 radical (unpaired) electrons. The molecule has 1 aromatic heterocycles. The Bertz CT molecular complexity index is 569. The second-order valence-electron chi connectivity index (χ2n) is 5.99. The van der Waals surface area contributed by atoms with Crippen LogP contribution in [0.15, 0.2) is 40.8 Å². The summed E-state index contributed by atoms with van der Waals surface area (Å²) in [6.45, 7) is 3.01. The second kappa shape index (κ2) is 6.44. The third-order valence-corrected chi connectivity index (χ3v) is 4.50. The summed E-state index contributed by atoms with van der Waals surface area (Å²) in [5.41, 5.74) is 0.909. The summed E-state index contributed by atoms with van der Waals surface area (Å²) in [6, 6.07) is 10.9. The van der Waals surface area contributed by atoms with Gasteiger partial charge in [0.2, 0.25) is 0 Å². The van der Waals surface area contributed by atoms with Gasteiger partial charge in [-0.15, -0.1) is 0 Å². The molecule has 1 N–H and O–H groups in total. The number of furan rings is 1. The van der Waals surface area contributed by atoms with E-state index in [2.05, 4.69) is 12.2 Å². The van der Waals surface area contributed by atoms with Gasteiger partial charge in [0, 0.05) is 11.6 Å². The van der Waals surface area contributed by atoms with Crippen molar-refractivity contribution in [3.05, 3.63) is 48.0 Å². The first kappa shape index (κ1) is 14.3. The van der Waals surface area contributed by atoms with Gasteiger partial charge in [0.1, 0.15) is 17.3 Å². The van der Waals surface area contributed by atoms with Gasteiger partial charge in [-0.25, -0.2) is 4.39 Å². The molecule has 0 spiro atoms. The van der Waals surface area contributed by atoms with Crippen molar-refractivity contribution in [2.75, 3.05) is 0 Å².